The summed E-state index contributed by atoms with van der Waals surface area (Å²) in [5.74, 6) is 0. The molecular weight excluding hydrogens is 202 g/mol. The Balaban J connectivity index is 2.57. The highest BCUT2D eigenvalue weighted by Crippen LogP contribution is 2.28. The number of carbonyl (C=O) groups excluding carboxylic acids is 1. The van der Waals surface area contributed by atoms with E-state index in [0.29, 0.717) is 12.1 Å². The summed E-state index contributed by atoms with van der Waals surface area (Å²) in [6.45, 7) is 5.64. The van der Waals surface area contributed by atoms with Crippen molar-refractivity contribution in [3.05, 3.63) is 0 Å². The van der Waals surface area contributed by atoms with Crippen molar-refractivity contribution >= 4 is 6.03 Å². The van der Waals surface area contributed by atoms with Gasteiger partial charge in [0, 0.05) is 32.2 Å². The highest BCUT2D eigenvalue weighted by Gasteiger charge is 2.38. The normalized spacial score (nSPS) is 24.1. The Morgan fingerprint density at radius 1 is 1.06 bits per heavy atom. The van der Waals surface area contributed by atoms with E-state index in [1.165, 1.54) is 6.42 Å². The molecule has 0 radical (unpaired) electrons. The summed E-state index contributed by atoms with van der Waals surface area (Å²) in [6.07, 6.45) is 2.33. The second kappa shape index (κ2) is 5.53. The lowest BCUT2D eigenvalue weighted by Crippen LogP contribution is -2.58. The van der Waals surface area contributed by atoms with E-state index < -0.39 is 0 Å². The Labute approximate surface area is 99.2 Å². The quantitative estimate of drug-likeness (QED) is 0.727. The van der Waals surface area contributed by atoms with Crippen LogP contribution in [0, 0.1) is 0 Å². The van der Waals surface area contributed by atoms with E-state index in [1.54, 1.807) is 0 Å². The monoisotopic (exact) mass is 227 g/mol. The van der Waals surface area contributed by atoms with Crippen molar-refractivity contribution in [2.75, 3.05) is 34.2 Å². The third kappa shape index (κ3) is 2.48. The number of amides is 2. The molecule has 2 atom stereocenters. The van der Waals surface area contributed by atoms with Gasteiger partial charge in [-0.1, -0.05) is 0 Å². The summed E-state index contributed by atoms with van der Waals surface area (Å²) < 4.78 is 0. The third-order valence-electron chi connectivity index (χ3n) is 3.70. The molecule has 0 spiro atoms. The van der Waals surface area contributed by atoms with E-state index in [4.69, 9.17) is 0 Å². The molecule has 16 heavy (non-hydrogen) atoms. The summed E-state index contributed by atoms with van der Waals surface area (Å²) in [5, 5.41) is 0. The van der Waals surface area contributed by atoms with E-state index in [2.05, 4.69) is 19.0 Å². The number of likely N-dealkylation sites (N-methyl/N-ethyl adjacent to an activating group) is 2. The van der Waals surface area contributed by atoms with Crippen LogP contribution in [0.3, 0.4) is 0 Å². The van der Waals surface area contributed by atoms with E-state index in [0.717, 1.165) is 19.5 Å². The van der Waals surface area contributed by atoms with Gasteiger partial charge < -0.3 is 14.7 Å². The summed E-state index contributed by atoms with van der Waals surface area (Å²) >= 11 is 0. The van der Waals surface area contributed by atoms with E-state index in [1.807, 2.05) is 30.7 Å². The first kappa shape index (κ1) is 13.3. The van der Waals surface area contributed by atoms with Crippen LogP contribution in [-0.4, -0.2) is 67.0 Å². The zero-order valence-corrected chi connectivity index (χ0v) is 11.2. The van der Waals surface area contributed by atoms with Crippen molar-refractivity contribution in [1.82, 2.24) is 14.7 Å². The molecule has 2 amide bonds. The molecule has 1 fully saturated rings. The smallest absolute Gasteiger partial charge is 0.320 e. The van der Waals surface area contributed by atoms with Crippen molar-refractivity contribution < 1.29 is 4.79 Å². The van der Waals surface area contributed by atoms with Gasteiger partial charge in [0.1, 0.15) is 0 Å². The molecule has 4 heteroatoms. The van der Waals surface area contributed by atoms with Gasteiger partial charge in [-0.15, -0.1) is 0 Å². The predicted molar refractivity (Wildman–Crippen MR) is 66.6 cm³/mol. The molecule has 1 aliphatic carbocycles. The second-order valence-electron chi connectivity index (χ2n) is 4.74. The summed E-state index contributed by atoms with van der Waals surface area (Å²) in [5.41, 5.74) is 0. The second-order valence-corrected chi connectivity index (χ2v) is 4.74. The van der Waals surface area contributed by atoms with Gasteiger partial charge in [-0.3, -0.25) is 0 Å². The highest BCUT2D eigenvalue weighted by molar-refractivity contribution is 5.74. The van der Waals surface area contributed by atoms with Gasteiger partial charge >= 0.3 is 6.03 Å². The number of hydrogen-bond acceptors (Lipinski definition) is 2. The maximum atomic E-state index is 12.1. The number of nitrogens with zero attached hydrogens (tertiary/aromatic N) is 3. The Hall–Kier alpha value is -0.770. The fourth-order valence-corrected chi connectivity index (χ4v) is 2.38. The number of carbonyl (C=O) groups is 1. The van der Waals surface area contributed by atoms with Crippen LogP contribution in [0.4, 0.5) is 4.79 Å². The van der Waals surface area contributed by atoms with E-state index in [-0.39, 0.29) is 6.03 Å². The van der Waals surface area contributed by atoms with Crippen LogP contribution in [-0.2, 0) is 0 Å². The molecule has 0 aliphatic heterocycles. The Morgan fingerprint density at radius 3 is 1.88 bits per heavy atom. The minimum Gasteiger partial charge on any atom is -0.325 e. The fourth-order valence-electron chi connectivity index (χ4n) is 2.38. The summed E-state index contributed by atoms with van der Waals surface area (Å²) in [7, 11) is 6.11. The minimum absolute atomic E-state index is 0.168. The average Bonchev–Trinajstić information content (AvgIpc) is 2.16. The van der Waals surface area contributed by atoms with Crippen molar-refractivity contribution in [2.24, 2.45) is 0 Å². The molecule has 94 valence electrons. The van der Waals surface area contributed by atoms with Crippen molar-refractivity contribution in [2.45, 2.75) is 38.8 Å². The van der Waals surface area contributed by atoms with Crippen LogP contribution >= 0.6 is 0 Å². The maximum absolute atomic E-state index is 12.1. The molecule has 0 heterocycles. The molecule has 0 aromatic carbocycles. The molecule has 0 bridgehead atoms. The van der Waals surface area contributed by atoms with Crippen molar-refractivity contribution in [3.63, 3.8) is 0 Å². The molecular formula is C12H25N3O. The standard InChI is InChI=1S/C12H25N3O/c1-6-15(7-2)12(16)14(5)11-9-8-10(11)13(3)4/h10-11H,6-9H2,1-5H3/t10-,11-/m0/s1. The molecule has 0 N–H and O–H groups in total. The summed E-state index contributed by atoms with van der Waals surface area (Å²) in [6, 6.07) is 1.09. The van der Waals surface area contributed by atoms with Crippen LogP contribution in [0.5, 0.6) is 0 Å². The zero-order chi connectivity index (χ0) is 12.3. The van der Waals surface area contributed by atoms with E-state index >= 15 is 0 Å². The minimum atomic E-state index is 0.168. The molecule has 0 unspecified atom stereocenters. The van der Waals surface area contributed by atoms with Crippen LogP contribution in [0.15, 0.2) is 0 Å². The molecule has 0 aromatic heterocycles. The topological polar surface area (TPSA) is 26.8 Å². The first-order chi connectivity index (χ1) is 7.52. The van der Waals surface area contributed by atoms with Gasteiger partial charge in [0.2, 0.25) is 0 Å². The van der Waals surface area contributed by atoms with Gasteiger partial charge in [-0.05, 0) is 40.8 Å². The zero-order valence-electron chi connectivity index (χ0n) is 11.2. The highest BCUT2D eigenvalue weighted by atomic mass is 16.2. The van der Waals surface area contributed by atoms with Crippen LogP contribution in [0.25, 0.3) is 0 Å². The van der Waals surface area contributed by atoms with E-state index in [9.17, 15) is 4.79 Å². The first-order valence-corrected chi connectivity index (χ1v) is 6.21. The van der Waals surface area contributed by atoms with Gasteiger partial charge in [0.15, 0.2) is 0 Å². The Kier molecular flexibility index (Phi) is 4.59. The first-order valence-electron chi connectivity index (χ1n) is 6.21. The van der Waals surface area contributed by atoms with Crippen LogP contribution < -0.4 is 0 Å². The van der Waals surface area contributed by atoms with Crippen LogP contribution in [0.1, 0.15) is 26.7 Å². The third-order valence-corrected chi connectivity index (χ3v) is 3.70. The molecule has 4 nitrogen and oxygen atoms in total. The van der Waals surface area contributed by atoms with Gasteiger partial charge in [0.25, 0.3) is 0 Å². The predicted octanol–water partition coefficient (Wildman–Crippen LogP) is 1.47. The fraction of sp³-hybridized carbons (Fsp3) is 0.917. The van der Waals surface area contributed by atoms with Crippen molar-refractivity contribution in [3.8, 4) is 0 Å². The van der Waals surface area contributed by atoms with Crippen molar-refractivity contribution in [1.29, 1.82) is 0 Å². The molecule has 1 saturated carbocycles. The number of urea groups is 1. The van der Waals surface area contributed by atoms with Gasteiger partial charge in [-0.2, -0.15) is 0 Å². The largest absolute Gasteiger partial charge is 0.325 e. The average molecular weight is 227 g/mol. The molecule has 0 saturated heterocycles. The number of rotatable bonds is 4. The molecule has 1 rings (SSSR count). The molecule has 0 aromatic rings. The SMILES string of the molecule is CCN(CC)C(=O)N(C)[C@H]1CC[C@@H]1N(C)C. The lowest BCUT2D eigenvalue weighted by Gasteiger charge is -2.46. The summed E-state index contributed by atoms with van der Waals surface area (Å²) in [4.78, 5) is 18.2. The maximum Gasteiger partial charge on any atom is 0.320 e. The van der Waals surface area contributed by atoms with Gasteiger partial charge in [-0.25, -0.2) is 4.79 Å². The molecule has 1 aliphatic rings. The Bertz CT molecular complexity index is 238. The van der Waals surface area contributed by atoms with Crippen LogP contribution in [0.2, 0.25) is 0 Å². The lowest BCUT2D eigenvalue weighted by molar-refractivity contribution is 0.0563. The van der Waals surface area contributed by atoms with Gasteiger partial charge in [0.05, 0.1) is 0 Å². The Morgan fingerprint density at radius 2 is 1.56 bits per heavy atom. The number of hydrogen-bond donors (Lipinski definition) is 0. The lowest BCUT2D eigenvalue weighted by atomic mass is 9.84.